The van der Waals surface area contributed by atoms with Gasteiger partial charge in [-0.25, -0.2) is 4.79 Å². The lowest BCUT2D eigenvalue weighted by atomic mass is 9.98. The van der Waals surface area contributed by atoms with Gasteiger partial charge in [-0.15, -0.1) is 0 Å². The minimum Gasteiger partial charge on any atom is -0.542 e. The van der Waals surface area contributed by atoms with Gasteiger partial charge in [-0.2, -0.15) is 21.6 Å². The predicted molar refractivity (Wildman–Crippen MR) is 174 cm³/mol. The number of hydrogen-bond donors (Lipinski definition) is 3. The van der Waals surface area contributed by atoms with E-state index in [2.05, 4.69) is 12.4 Å². The van der Waals surface area contributed by atoms with Crippen molar-refractivity contribution in [2.24, 2.45) is 5.73 Å². The van der Waals surface area contributed by atoms with Crippen molar-refractivity contribution in [1.29, 1.82) is 0 Å². The fourth-order valence-electron chi connectivity index (χ4n) is 5.78. The van der Waals surface area contributed by atoms with E-state index in [0.717, 1.165) is 30.3 Å². The van der Waals surface area contributed by atoms with E-state index in [1.54, 1.807) is 12.1 Å². The van der Waals surface area contributed by atoms with Gasteiger partial charge in [0, 0.05) is 11.3 Å². The first-order chi connectivity index (χ1) is 23.8. The van der Waals surface area contributed by atoms with E-state index in [0.29, 0.717) is 41.2 Å². The van der Waals surface area contributed by atoms with Gasteiger partial charge in [-0.05, 0) is 79.4 Å². The number of ether oxygens (including phenoxy) is 2. The van der Waals surface area contributed by atoms with E-state index in [1.165, 1.54) is 41.3 Å². The zero-order valence-electron chi connectivity index (χ0n) is 27.6. The number of piperidine rings is 1. The number of likely N-dealkylation sites (tertiary alicyclic amines) is 1. The smallest absolute Gasteiger partial charge is 0.430 e. The van der Waals surface area contributed by atoms with Crippen molar-refractivity contribution in [3.63, 3.8) is 0 Å². The zero-order valence-corrected chi connectivity index (χ0v) is 28.4. The van der Waals surface area contributed by atoms with Crippen LogP contribution in [0.3, 0.4) is 0 Å². The highest BCUT2D eigenvalue weighted by Crippen LogP contribution is 2.34. The summed E-state index contributed by atoms with van der Waals surface area (Å²) in [6.45, 7) is 2.23. The highest BCUT2D eigenvalue weighted by molar-refractivity contribution is 7.86. The van der Waals surface area contributed by atoms with Gasteiger partial charge in [0.1, 0.15) is 30.6 Å². The number of halogens is 3. The molecule has 0 saturated carbocycles. The number of nitrogens with zero attached hydrogens (tertiary/aromatic N) is 2. The molecule has 3 aromatic carbocycles. The van der Waals surface area contributed by atoms with Crippen LogP contribution in [0.5, 0.6) is 23.0 Å². The van der Waals surface area contributed by atoms with Crippen molar-refractivity contribution < 1.29 is 64.3 Å². The molecule has 51 heavy (non-hydrogen) atoms. The first-order valence-corrected chi connectivity index (χ1v) is 17.3. The van der Waals surface area contributed by atoms with Gasteiger partial charge in [-0.1, -0.05) is 12.1 Å². The molecule has 1 unspecified atom stereocenters. The molecule has 3 amide bonds. The number of phenols is 1. The van der Waals surface area contributed by atoms with E-state index in [4.69, 9.17) is 29.3 Å². The normalized spacial score (nSPS) is 18.8. The topological polar surface area (TPSA) is 198 Å². The molecule has 5 rings (SSSR count). The number of carboxylic acid groups (broad SMARTS) is 1. The molecule has 3 aromatic rings. The van der Waals surface area contributed by atoms with E-state index in [9.17, 15) is 36.3 Å². The van der Waals surface area contributed by atoms with Crippen LogP contribution < -0.4 is 29.8 Å². The molecule has 2 heterocycles. The Labute approximate surface area is 291 Å². The molecule has 14 nitrogen and oxygen atoms in total. The molecule has 0 spiro atoms. The second-order valence-electron chi connectivity index (χ2n) is 12.4. The summed E-state index contributed by atoms with van der Waals surface area (Å²) in [5, 5.41) is 21.2. The minimum atomic E-state index is -5.19. The number of urea groups is 1. The lowest BCUT2D eigenvalue weighted by molar-refractivity contribution is -0.928. The van der Waals surface area contributed by atoms with Crippen molar-refractivity contribution in [2.45, 2.75) is 44.1 Å². The van der Waals surface area contributed by atoms with Crippen molar-refractivity contribution in [3.05, 3.63) is 77.9 Å². The Hall–Kier alpha value is -5.07. The minimum absolute atomic E-state index is 0.0956. The van der Waals surface area contributed by atoms with Crippen LogP contribution in [0.2, 0.25) is 0 Å². The number of imide groups is 1. The van der Waals surface area contributed by atoms with Gasteiger partial charge < -0.3 is 44.2 Å². The first kappa shape index (κ1) is 38.7. The number of aliphatic carboxylic acids is 1. The number of nitrogens with one attached hydrogen (secondary N) is 1. The second-order valence-corrected chi connectivity index (χ2v) is 14.0. The first-order valence-electron chi connectivity index (χ1n) is 15.5. The third-order valence-corrected chi connectivity index (χ3v) is 8.50. The summed E-state index contributed by atoms with van der Waals surface area (Å²) >= 11 is 0. The average Bonchev–Trinajstić information content (AvgIpc) is 3.50. The van der Waals surface area contributed by atoms with Crippen LogP contribution in [0.4, 0.5) is 23.7 Å². The molecule has 4 N–H and O–H groups in total. The van der Waals surface area contributed by atoms with Crippen LogP contribution in [0.1, 0.15) is 24.0 Å². The maximum Gasteiger partial charge on any atom is 0.430 e. The number of aromatic hydroxyl groups is 1. The number of likely N-dealkylation sites (N-methyl/N-ethyl adjacent to an activating group) is 1. The molecule has 2 aliphatic rings. The maximum atomic E-state index is 13.9. The highest BCUT2D eigenvalue weighted by atomic mass is 32.2. The molecule has 0 aromatic heterocycles. The van der Waals surface area contributed by atoms with Crippen molar-refractivity contribution >= 4 is 33.7 Å². The van der Waals surface area contributed by atoms with Crippen molar-refractivity contribution in [3.8, 4) is 23.0 Å². The number of phenolic OH excluding ortho intramolecular Hbond substituents is 1. The van der Waals surface area contributed by atoms with Crippen LogP contribution in [0.25, 0.3) is 0 Å². The van der Waals surface area contributed by atoms with Crippen LogP contribution in [0, 0.1) is 0 Å². The number of hydrogen-bond acceptors (Lipinski definition) is 11. The van der Waals surface area contributed by atoms with Crippen molar-refractivity contribution in [2.75, 3.05) is 38.5 Å². The summed E-state index contributed by atoms with van der Waals surface area (Å²) in [7, 11) is -1.60. The van der Waals surface area contributed by atoms with Crippen LogP contribution in [-0.4, -0.2) is 92.3 Å². The lowest BCUT2D eigenvalue weighted by Crippen LogP contribution is -2.62. The molecule has 1 fully saturated rings. The molecule has 0 aliphatic carbocycles. The Bertz CT molecular complexity index is 1830. The number of fused-ring (bicyclic) bond motifs is 1. The largest absolute Gasteiger partial charge is 0.542 e. The monoisotopic (exact) mass is 738 g/mol. The molecule has 2 aliphatic heterocycles. The van der Waals surface area contributed by atoms with Crippen LogP contribution in [-0.2, 0) is 32.7 Å². The highest BCUT2D eigenvalue weighted by Gasteiger charge is 2.41. The number of quaternary nitrogens is 1. The summed E-state index contributed by atoms with van der Waals surface area (Å²) in [5.41, 5.74) is 8.57. The summed E-state index contributed by atoms with van der Waals surface area (Å²) in [5.74, 6) is -1.92. The molecule has 18 heteroatoms. The Balaban J connectivity index is 0.000000755. The lowest BCUT2D eigenvalue weighted by Gasteiger charge is -2.44. The van der Waals surface area contributed by atoms with E-state index in [1.807, 2.05) is 18.2 Å². The van der Waals surface area contributed by atoms with Gasteiger partial charge in [0.25, 0.3) is 0 Å². The number of benzene rings is 3. The molecule has 1 saturated heterocycles. The molecule has 276 valence electrons. The number of carboxylic acids is 1. The fourth-order valence-corrected chi connectivity index (χ4v) is 6.25. The summed E-state index contributed by atoms with van der Waals surface area (Å²) in [6, 6.07) is 16.0. The fraction of sp³-hybridized carbons (Fsp3) is 0.364. The quantitative estimate of drug-likeness (QED) is 0.216. The van der Waals surface area contributed by atoms with Crippen LogP contribution in [0.15, 0.2) is 66.7 Å². The van der Waals surface area contributed by atoms with E-state index >= 15 is 0 Å². The van der Waals surface area contributed by atoms with Crippen molar-refractivity contribution in [1.82, 2.24) is 4.90 Å². The summed E-state index contributed by atoms with van der Waals surface area (Å²) in [6.07, 6.45) is -2.68. The van der Waals surface area contributed by atoms with Gasteiger partial charge in [0.15, 0.2) is 11.5 Å². The average molecular weight is 739 g/mol. The van der Waals surface area contributed by atoms with Gasteiger partial charge >= 0.3 is 22.3 Å². The zero-order chi connectivity index (χ0) is 37.6. The number of carbonyl (C=O) groups is 3. The van der Waals surface area contributed by atoms with Crippen LogP contribution >= 0.6 is 0 Å². The van der Waals surface area contributed by atoms with Gasteiger partial charge in [-0.3, -0.25) is 9.69 Å². The van der Waals surface area contributed by atoms with Gasteiger partial charge in [0.05, 0.1) is 31.9 Å². The number of rotatable bonds is 9. The molecule has 3 atom stereocenters. The predicted octanol–water partition coefficient (Wildman–Crippen LogP) is 2.50. The number of anilines is 1. The molecular formula is C33H37F3N4O10S. The summed E-state index contributed by atoms with van der Waals surface area (Å²) < 4.78 is 70.9. The Morgan fingerprint density at radius 1 is 1.06 bits per heavy atom. The third-order valence-electron chi connectivity index (χ3n) is 8.00. The van der Waals surface area contributed by atoms with E-state index < -0.39 is 46.3 Å². The SMILES string of the molecule is C[N+]1(Cc2ccc3c(c2)OCO3)CCC[C@H](N(C(=O)Nc2ccc(OS(C)(=O)=O)cc2)C(=O)[C@@H](N)Cc2ccc(O)cc2)C1.O=C([O-])C(F)(F)F. The number of carbonyl (C=O) groups excluding carboxylic acids is 3. The maximum absolute atomic E-state index is 13.9. The molecule has 0 radical (unpaired) electrons. The Morgan fingerprint density at radius 3 is 2.27 bits per heavy atom. The standard InChI is InChI=1S/C31H36N4O8S.C2HF3O2/c1-35(18-22-7-14-28-29(17-22)42-20-41-28)15-3-4-24(19-35)34(30(37)27(32)16-21-5-10-25(36)11-6-21)31(38)33-23-8-12-26(13-9-23)43-44(2,39)40;3-2(4,5)1(6)7/h5-14,17,24,27H,3-4,15-16,18-20,32H2,1-2H3,(H-,33,36,38);(H,6,7)/t24-,27-,35?;/m0./s1. The Morgan fingerprint density at radius 2 is 1.67 bits per heavy atom. The van der Waals surface area contributed by atoms with E-state index in [-0.39, 0.29) is 24.7 Å². The summed E-state index contributed by atoms with van der Waals surface area (Å²) in [4.78, 5) is 37.7. The van der Waals surface area contributed by atoms with Gasteiger partial charge in [0.2, 0.25) is 12.7 Å². The third kappa shape index (κ3) is 11.2. The molecule has 0 bridgehead atoms. The second kappa shape index (κ2) is 15.9. The number of nitrogens with two attached hydrogens (primary N) is 1. The Kier molecular flexibility index (Phi) is 12.0. The number of alkyl halides is 3. The number of amides is 3. The molecular weight excluding hydrogens is 701 g/mol.